The molecule has 3 saturated heterocycles. The number of piperidine rings is 1. The minimum atomic E-state index is -1.85. The number of hydrogen-bond acceptors (Lipinski definition) is 12. The number of ether oxygens (including phenoxy) is 4. The molecule has 2 aromatic rings. The fraction of sp³-hybridized carbons (Fsp3) is 0.614. The molecule has 2 bridgehead atoms. The van der Waals surface area contributed by atoms with Gasteiger partial charge >= 0.3 is 30.9 Å². The van der Waals surface area contributed by atoms with Crippen LogP contribution in [0.2, 0.25) is 5.02 Å². The van der Waals surface area contributed by atoms with Crippen molar-refractivity contribution < 1.29 is 61.0 Å². The van der Waals surface area contributed by atoms with E-state index in [2.05, 4.69) is 29.8 Å². The van der Waals surface area contributed by atoms with E-state index in [1.54, 1.807) is 20.8 Å². The summed E-state index contributed by atoms with van der Waals surface area (Å²) >= 11 is 6.82. The van der Waals surface area contributed by atoms with Crippen molar-refractivity contribution in [3.8, 4) is 17.2 Å². The van der Waals surface area contributed by atoms with E-state index in [1.807, 2.05) is 6.92 Å². The van der Waals surface area contributed by atoms with Crippen molar-refractivity contribution in [2.75, 3.05) is 47.5 Å². The van der Waals surface area contributed by atoms with Gasteiger partial charge in [0.1, 0.15) is 28.8 Å². The van der Waals surface area contributed by atoms with Crippen molar-refractivity contribution in [3.05, 3.63) is 51.5 Å². The van der Waals surface area contributed by atoms with Gasteiger partial charge in [0.05, 0.1) is 44.0 Å². The number of urea groups is 1. The topological polar surface area (TPSA) is 183 Å². The van der Waals surface area contributed by atoms with E-state index in [9.17, 15) is 19.2 Å². The van der Waals surface area contributed by atoms with Gasteiger partial charge < -0.3 is 49.1 Å². The summed E-state index contributed by atoms with van der Waals surface area (Å²) in [7, 11) is 2.53. The van der Waals surface area contributed by atoms with Crippen LogP contribution in [0.25, 0.3) is 0 Å². The highest BCUT2D eigenvalue weighted by Gasteiger charge is 2.68. The van der Waals surface area contributed by atoms with Crippen molar-refractivity contribution in [1.29, 1.82) is 0 Å². The number of nitrogens with one attached hydrogen (secondary N) is 3. The average Bonchev–Trinajstić information content (AvgIpc) is 3.61. The van der Waals surface area contributed by atoms with Gasteiger partial charge in [-0.2, -0.15) is 0 Å². The zero-order chi connectivity index (χ0) is 46.6. The predicted molar refractivity (Wildman–Crippen MR) is 229 cm³/mol. The number of rotatable bonds is 12. The fourth-order valence-corrected chi connectivity index (χ4v) is 10.6. The van der Waals surface area contributed by atoms with Crippen molar-refractivity contribution in [1.82, 2.24) is 25.8 Å². The molecular weight excluding hydrogens is 859 g/mol. The number of piperazine rings is 1. The van der Waals surface area contributed by atoms with E-state index in [-0.39, 0.29) is 76.4 Å². The van der Waals surface area contributed by atoms with Crippen molar-refractivity contribution in [2.24, 2.45) is 17.3 Å². The summed E-state index contributed by atoms with van der Waals surface area (Å²) in [4.78, 5) is 71.7. The first-order chi connectivity index (χ1) is 30.1. The van der Waals surface area contributed by atoms with Gasteiger partial charge in [-0.25, -0.2) is 18.4 Å². The van der Waals surface area contributed by atoms with E-state index in [4.69, 9.17) is 39.9 Å². The second-order valence-corrected chi connectivity index (χ2v) is 19.3. The van der Waals surface area contributed by atoms with Crippen LogP contribution in [0.3, 0.4) is 0 Å². The first-order valence-corrected chi connectivity index (χ1v) is 22.0. The standard InChI is InChI=1S/C44H57BClF2N5O11/c1-42(2,3)62-40(57)31-26(47)11-10-22(34(31)59-7)18-30(45-63-29-20-23-19-28(43(23,4)5)44(29,6)64-45)50-37(54)33(25-21-27(48)35(60-8)36(61-9)32(25)46)51-41(58)53-17-16-52(38(55)39(53)56)24-12-14-49-15-13-24/h10-11,21,23-24,28-30,33,49H,12-20H2,1-9H3,(H,50,54)(H,51,58)/t23-,28-,29+,30?,33?,44-/m0/s1. The monoisotopic (exact) mass is 915 g/mol. The first kappa shape index (κ1) is 47.3. The Hall–Kier alpha value is -4.72. The van der Waals surface area contributed by atoms with Crippen LogP contribution in [0.5, 0.6) is 17.2 Å². The Morgan fingerprint density at radius 1 is 0.953 bits per heavy atom. The molecule has 3 heterocycles. The molecule has 3 aliphatic carbocycles. The van der Waals surface area contributed by atoms with Crippen molar-refractivity contribution >= 4 is 48.4 Å². The molecule has 2 aromatic carbocycles. The molecule has 6 atom stereocenters. The highest BCUT2D eigenvalue weighted by atomic mass is 35.5. The molecule has 20 heteroatoms. The number of amides is 5. The molecule has 0 aromatic heterocycles. The maximum Gasteiger partial charge on any atom is 0.482 e. The van der Waals surface area contributed by atoms with Gasteiger partial charge in [-0.1, -0.05) is 31.5 Å². The largest absolute Gasteiger partial charge is 0.495 e. The maximum atomic E-state index is 15.8. The van der Waals surface area contributed by atoms with Crippen LogP contribution >= 0.6 is 11.6 Å². The molecule has 2 unspecified atom stereocenters. The summed E-state index contributed by atoms with van der Waals surface area (Å²) < 4.78 is 66.6. The van der Waals surface area contributed by atoms with Gasteiger partial charge in [0.2, 0.25) is 5.91 Å². The Balaban J connectivity index is 1.26. The number of hydrogen-bond donors (Lipinski definition) is 3. The molecule has 64 heavy (non-hydrogen) atoms. The molecule has 5 amide bonds. The molecule has 3 aliphatic heterocycles. The van der Waals surface area contributed by atoms with E-state index >= 15 is 13.6 Å². The smallest absolute Gasteiger partial charge is 0.482 e. The molecule has 3 saturated carbocycles. The van der Waals surface area contributed by atoms with Gasteiger partial charge in [0.25, 0.3) is 0 Å². The lowest BCUT2D eigenvalue weighted by Crippen LogP contribution is -2.65. The van der Waals surface area contributed by atoms with Crippen LogP contribution in [-0.4, -0.2) is 123 Å². The number of esters is 1. The molecule has 0 radical (unpaired) electrons. The van der Waals surface area contributed by atoms with Gasteiger partial charge in [-0.05, 0) is 108 Å². The number of methoxy groups -OCH3 is 3. The number of halogens is 3. The van der Waals surface area contributed by atoms with E-state index in [0.29, 0.717) is 43.2 Å². The quantitative estimate of drug-likeness (QED) is 0.151. The molecule has 348 valence electrons. The third-order valence-corrected chi connectivity index (χ3v) is 14.1. The summed E-state index contributed by atoms with van der Waals surface area (Å²) in [6, 6.07) is 0.229. The molecule has 16 nitrogen and oxygen atoms in total. The molecule has 0 spiro atoms. The van der Waals surface area contributed by atoms with E-state index in [1.165, 1.54) is 32.3 Å². The lowest BCUT2D eigenvalue weighted by Gasteiger charge is -2.64. The van der Waals surface area contributed by atoms with Crippen molar-refractivity contribution in [3.63, 3.8) is 0 Å². The Morgan fingerprint density at radius 2 is 1.62 bits per heavy atom. The Morgan fingerprint density at radius 3 is 2.25 bits per heavy atom. The fourth-order valence-electron chi connectivity index (χ4n) is 10.3. The molecule has 8 rings (SSSR count). The number of carbonyl (C=O) groups is 5. The predicted octanol–water partition coefficient (Wildman–Crippen LogP) is 4.77. The highest BCUT2D eigenvalue weighted by molar-refractivity contribution is 6.48. The number of benzene rings is 2. The lowest BCUT2D eigenvalue weighted by molar-refractivity contribution is -0.199. The second-order valence-electron chi connectivity index (χ2n) is 18.9. The molecule has 3 N–H and O–H groups in total. The zero-order valence-electron chi connectivity index (χ0n) is 37.7. The summed E-state index contributed by atoms with van der Waals surface area (Å²) in [5.41, 5.74) is -2.28. The van der Waals surface area contributed by atoms with Gasteiger partial charge in [-0.15, -0.1) is 0 Å². The lowest BCUT2D eigenvalue weighted by atomic mass is 9.43. The Bertz CT molecular complexity index is 2210. The minimum absolute atomic E-state index is 0.0493. The average molecular weight is 916 g/mol. The Labute approximate surface area is 376 Å². The summed E-state index contributed by atoms with van der Waals surface area (Å²) in [6.07, 6.45) is 2.34. The second kappa shape index (κ2) is 17.9. The minimum Gasteiger partial charge on any atom is -0.495 e. The van der Waals surface area contributed by atoms with Crippen LogP contribution in [0.1, 0.15) is 94.8 Å². The normalized spacial score (nSPS) is 25.2. The van der Waals surface area contributed by atoms with E-state index < -0.39 is 77.2 Å². The molecule has 6 aliphatic rings. The van der Waals surface area contributed by atoms with Crippen LogP contribution in [-0.2, 0) is 34.9 Å². The summed E-state index contributed by atoms with van der Waals surface area (Å²) in [5.74, 6) is -7.27. The van der Waals surface area contributed by atoms with Crippen molar-refractivity contribution in [2.45, 2.75) is 109 Å². The van der Waals surface area contributed by atoms with Gasteiger partial charge in [0, 0.05) is 24.7 Å². The third-order valence-electron chi connectivity index (χ3n) is 13.7. The van der Waals surface area contributed by atoms with Gasteiger partial charge in [-0.3, -0.25) is 19.3 Å². The number of carbonyl (C=O) groups excluding carboxylic acids is 5. The third kappa shape index (κ3) is 8.60. The zero-order valence-corrected chi connectivity index (χ0v) is 38.4. The SMILES string of the molecule is COc1c(F)cc(C(NC(=O)N2CCN(C3CCNCC3)C(=O)C2=O)C(=O)NC(Cc2ccc(F)c(C(=O)OC(C)(C)C)c2OC)B2O[C@@H]3C[C@@H]4C[C@@H](C4(C)C)[C@]3(C)O2)c(Cl)c1OC. The highest BCUT2D eigenvalue weighted by Crippen LogP contribution is 2.66. The first-order valence-electron chi connectivity index (χ1n) is 21.6. The van der Waals surface area contributed by atoms with Gasteiger partial charge in [0.15, 0.2) is 17.3 Å². The summed E-state index contributed by atoms with van der Waals surface area (Å²) in [5, 5.41) is 8.37. The Kier molecular flexibility index (Phi) is 13.2. The number of imide groups is 1. The molecular formula is C44H57BClF2N5O11. The number of nitrogens with zero attached hydrogens (tertiary/aromatic N) is 2. The van der Waals surface area contributed by atoms with E-state index in [0.717, 1.165) is 18.6 Å². The van der Waals surface area contributed by atoms with Crippen LogP contribution in [0.4, 0.5) is 13.6 Å². The van der Waals surface area contributed by atoms with Crippen LogP contribution in [0.15, 0.2) is 18.2 Å². The molecule has 6 fully saturated rings. The van der Waals surface area contributed by atoms with Crippen LogP contribution in [0, 0.1) is 28.9 Å². The maximum absolute atomic E-state index is 15.8. The van der Waals surface area contributed by atoms with Crippen LogP contribution < -0.4 is 30.2 Å². The summed E-state index contributed by atoms with van der Waals surface area (Å²) in [6.45, 7) is 12.5.